The summed E-state index contributed by atoms with van der Waals surface area (Å²) in [6, 6.07) is 2.83. The number of hydrogen-bond donors (Lipinski definition) is 2. The van der Waals surface area contributed by atoms with Crippen molar-refractivity contribution in [3.63, 3.8) is 0 Å². The van der Waals surface area contributed by atoms with Gasteiger partial charge >= 0.3 is 0 Å². The third kappa shape index (κ3) is 2.20. The van der Waals surface area contributed by atoms with Gasteiger partial charge in [-0.15, -0.1) is 0 Å². The number of hydrogen-bond acceptors (Lipinski definition) is 2. The summed E-state index contributed by atoms with van der Waals surface area (Å²) in [7, 11) is 0. The van der Waals surface area contributed by atoms with Gasteiger partial charge in [0.05, 0.1) is 28.2 Å². The van der Waals surface area contributed by atoms with Crippen molar-refractivity contribution in [2.24, 2.45) is 0 Å². The van der Waals surface area contributed by atoms with Crippen molar-refractivity contribution in [3.8, 4) is 0 Å². The van der Waals surface area contributed by atoms with E-state index in [4.69, 9.17) is 23.8 Å². The van der Waals surface area contributed by atoms with Gasteiger partial charge in [-0.1, -0.05) is 24.4 Å². The fourth-order valence-corrected chi connectivity index (χ4v) is 3.35. The molecule has 0 aliphatic heterocycles. The maximum atomic E-state index is 13.6. The minimum atomic E-state index is -0.470. The topological polar surface area (TPSA) is 41.0 Å². The lowest BCUT2D eigenvalue weighted by molar-refractivity contribution is 0.0767. The molecule has 1 aromatic carbocycles. The molecule has 2 atom stereocenters. The molecule has 102 valence electrons. The van der Waals surface area contributed by atoms with Crippen LogP contribution in [0.2, 0.25) is 5.02 Å². The predicted octanol–water partition coefficient (Wildman–Crippen LogP) is 3.97. The molecule has 1 aliphatic rings. The smallest absolute Gasteiger partial charge is 0.178 e. The molecule has 2 unspecified atom stereocenters. The number of benzene rings is 1. The highest BCUT2D eigenvalue weighted by molar-refractivity contribution is 7.71. The molecule has 1 aliphatic carbocycles. The van der Waals surface area contributed by atoms with Gasteiger partial charge in [-0.25, -0.2) is 4.39 Å². The molecule has 2 aromatic rings. The first-order valence-electron chi connectivity index (χ1n) is 6.35. The normalized spacial score (nSPS) is 23.9. The average Bonchev–Trinajstić information content (AvgIpc) is 2.66. The first kappa shape index (κ1) is 13.1. The van der Waals surface area contributed by atoms with Gasteiger partial charge in [0.15, 0.2) is 4.77 Å². The first-order chi connectivity index (χ1) is 9.08. The van der Waals surface area contributed by atoms with E-state index in [0.29, 0.717) is 15.8 Å². The van der Waals surface area contributed by atoms with Gasteiger partial charge in [0.1, 0.15) is 5.82 Å². The summed E-state index contributed by atoms with van der Waals surface area (Å²) in [5.74, 6) is -0.470. The van der Waals surface area contributed by atoms with Gasteiger partial charge in [0.25, 0.3) is 0 Å². The van der Waals surface area contributed by atoms with Crippen molar-refractivity contribution in [1.82, 2.24) is 9.55 Å². The molecule has 1 aromatic heterocycles. The standard InChI is InChI=1S/C13H14ClFN2OS/c14-7-5-9-11(6-8(7)15)17(13(19)16-9)10-3-1-2-4-12(10)18/h5-6,10,12,18H,1-4H2,(H,16,19). The molecule has 19 heavy (non-hydrogen) atoms. The Hall–Kier alpha value is -0.910. The molecule has 0 spiro atoms. The number of aliphatic hydroxyl groups excluding tert-OH is 1. The Morgan fingerprint density at radius 3 is 2.84 bits per heavy atom. The molecule has 3 rings (SSSR count). The van der Waals surface area contributed by atoms with Gasteiger partial charge < -0.3 is 14.7 Å². The Balaban J connectivity index is 2.19. The molecule has 0 bridgehead atoms. The van der Waals surface area contributed by atoms with Crippen molar-refractivity contribution >= 4 is 34.9 Å². The number of rotatable bonds is 1. The zero-order valence-electron chi connectivity index (χ0n) is 10.2. The van der Waals surface area contributed by atoms with E-state index in [-0.39, 0.29) is 11.1 Å². The van der Waals surface area contributed by atoms with E-state index < -0.39 is 11.9 Å². The summed E-state index contributed by atoms with van der Waals surface area (Å²) in [5.41, 5.74) is 1.37. The third-order valence-corrected chi connectivity index (χ3v) is 4.37. The molecule has 0 saturated heterocycles. The first-order valence-corrected chi connectivity index (χ1v) is 7.14. The Kier molecular flexibility index (Phi) is 3.37. The van der Waals surface area contributed by atoms with E-state index in [1.807, 2.05) is 4.57 Å². The van der Waals surface area contributed by atoms with Crippen LogP contribution in [0, 0.1) is 10.6 Å². The van der Waals surface area contributed by atoms with Gasteiger partial charge in [-0.3, -0.25) is 0 Å². The van der Waals surface area contributed by atoms with E-state index >= 15 is 0 Å². The van der Waals surface area contributed by atoms with Crippen LogP contribution in [-0.2, 0) is 0 Å². The highest BCUT2D eigenvalue weighted by atomic mass is 35.5. The van der Waals surface area contributed by atoms with Gasteiger partial charge in [0.2, 0.25) is 0 Å². The van der Waals surface area contributed by atoms with E-state index in [1.165, 1.54) is 12.1 Å². The van der Waals surface area contributed by atoms with Crippen LogP contribution in [0.1, 0.15) is 31.7 Å². The molecule has 6 heteroatoms. The lowest BCUT2D eigenvalue weighted by Crippen LogP contribution is -2.27. The molecular formula is C13H14ClFN2OS. The molecule has 1 fully saturated rings. The van der Waals surface area contributed by atoms with Crippen molar-refractivity contribution in [2.75, 3.05) is 0 Å². The summed E-state index contributed by atoms with van der Waals surface area (Å²) in [5, 5.41) is 10.2. The monoisotopic (exact) mass is 300 g/mol. The molecule has 0 amide bonds. The molecule has 1 saturated carbocycles. The number of aromatic amines is 1. The average molecular weight is 301 g/mol. The van der Waals surface area contributed by atoms with E-state index in [9.17, 15) is 9.50 Å². The second-order valence-corrected chi connectivity index (χ2v) is 5.80. The second-order valence-electron chi connectivity index (χ2n) is 5.00. The predicted molar refractivity (Wildman–Crippen MR) is 75.6 cm³/mol. The lowest BCUT2D eigenvalue weighted by atomic mass is 9.92. The van der Waals surface area contributed by atoms with E-state index in [1.54, 1.807) is 0 Å². The van der Waals surface area contributed by atoms with Crippen LogP contribution in [0.15, 0.2) is 12.1 Å². The summed E-state index contributed by atoms with van der Waals surface area (Å²) in [6.45, 7) is 0. The quantitative estimate of drug-likeness (QED) is 0.783. The number of nitrogens with zero attached hydrogens (tertiary/aromatic N) is 1. The van der Waals surface area contributed by atoms with Crippen LogP contribution in [0.25, 0.3) is 11.0 Å². The Labute approximate surface area is 120 Å². The van der Waals surface area contributed by atoms with Gasteiger partial charge in [-0.05, 0) is 31.1 Å². The van der Waals surface area contributed by atoms with Crippen molar-refractivity contribution < 1.29 is 9.50 Å². The number of aliphatic hydroxyl groups is 1. The van der Waals surface area contributed by atoms with Gasteiger partial charge in [-0.2, -0.15) is 0 Å². The fraction of sp³-hybridized carbons (Fsp3) is 0.462. The number of fused-ring (bicyclic) bond motifs is 1. The second kappa shape index (κ2) is 4.89. The Bertz CT molecular complexity index is 681. The highest BCUT2D eigenvalue weighted by Crippen LogP contribution is 2.33. The van der Waals surface area contributed by atoms with E-state index in [0.717, 1.165) is 25.7 Å². The molecule has 1 heterocycles. The summed E-state index contributed by atoms with van der Waals surface area (Å²) in [4.78, 5) is 3.03. The van der Waals surface area contributed by atoms with Crippen molar-refractivity contribution in [1.29, 1.82) is 0 Å². The van der Waals surface area contributed by atoms with Crippen LogP contribution in [0.5, 0.6) is 0 Å². The largest absolute Gasteiger partial charge is 0.391 e. The Morgan fingerprint density at radius 2 is 2.11 bits per heavy atom. The third-order valence-electron chi connectivity index (χ3n) is 3.78. The minimum absolute atomic E-state index is 0.0695. The number of H-pyrrole nitrogens is 1. The van der Waals surface area contributed by atoms with Crippen LogP contribution in [0.3, 0.4) is 0 Å². The van der Waals surface area contributed by atoms with Crippen LogP contribution >= 0.6 is 23.8 Å². The zero-order valence-corrected chi connectivity index (χ0v) is 11.8. The SMILES string of the molecule is OC1CCCCC1n1c(=S)[nH]c2cc(Cl)c(F)cc21. The number of nitrogens with one attached hydrogen (secondary N) is 1. The van der Waals surface area contributed by atoms with E-state index in [2.05, 4.69) is 4.98 Å². The van der Waals surface area contributed by atoms with Crippen LogP contribution in [-0.4, -0.2) is 20.8 Å². The van der Waals surface area contributed by atoms with Crippen molar-refractivity contribution in [2.45, 2.75) is 37.8 Å². The lowest BCUT2D eigenvalue weighted by Gasteiger charge is -2.29. The summed E-state index contributed by atoms with van der Waals surface area (Å²) < 4.78 is 16.0. The van der Waals surface area contributed by atoms with Crippen LogP contribution in [0.4, 0.5) is 4.39 Å². The molecule has 0 radical (unpaired) electrons. The van der Waals surface area contributed by atoms with Gasteiger partial charge in [0, 0.05) is 6.07 Å². The molecule has 3 nitrogen and oxygen atoms in total. The fourth-order valence-electron chi connectivity index (χ4n) is 2.84. The Morgan fingerprint density at radius 1 is 1.37 bits per heavy atom. The van der Waals surface area contributed by atoms with Crippen molar-refractivity contribution in [3.05, 3.63) is 27.7 Å². The number of halogens is 2. The maximum absolute atomic E-state index is 13.6. The molecule has 2 N–H and O–H groups in total. The van der Waals surface area contributed by atoms with Crippen LogP contribution < -0.4 is 0 Å². The summed E-state index contributed by atoms with van der Waals surface area (Å²) >= 11 is 11.1. The highest BCUT2D eigenvalue weighted by Gasteiger charge is 2.26. The zero-order chi connectivity index (χ0) is 13.6. The number of aromatic nitrogens is 2. The minimum Gasteiger partial charge on any atom is -0.391 e. The summed E-state index contributed by atoms with van der Waals surface area (Å²) in [6.07, 6.45) is 3.25. The number of imidazole rings is 1. The molecular weight excluding hydrogens is 287 g/mol. The maximum Gasteiger partial charge on any atom is 0.178 e.